The molecule has 1 heteroatoms. The largest absolute Gasteiger partial charge is 0.493 e. The van der Waals surface area contributed by atoms with Gasteiger partial charge in [0.15, 0.2) is 0 Å². The van der Waals surface area contributed by atoms with Crippen LogP contribution in [-0.2, 0) is 4.74 Å². The molecule has 0 atom stereocenters. The molecule has 14 heavy (non-hydrogen) atoms. The van der Waals surface area contributed by atoms with Gasteiger partial charge in [-0.05, 0) is 17.6 Å². The number of hydrogen-bond acceptors (Lipinski definition) is 1. The Labute approximate surface area is 85.4 Å². The number of rotatable bonds is 2. The van der Waals surface area contributed by atoms with Crippen molar-refractivity contribution in [3.8, 4) is 0 Å². The smallest absolute Gasteiger partial charge is 0.122 e. The Morgan fingerprint density at radius 2 is 1.86 bits per heavy atom. The van der Waals surface area contributed by atoms with Crippen LogP contribution in [0.3, 0.4) is 0 Å². The monoisotopic (exact) mass is 188 g/mol. The summed E-state index contributed by atoms with van der Waals surface area (Å²) in [5, 5.41) is 0. The molecule has 1 aliphatic heterocycles. The Morgan fingerprint density at radius 3 is 2.36 bits per heavy atom. The number of hydrogen-bond donors (Lipinski definition) is 0. The van der Waals surface area contributed by atoms with Crippen LogP contribution in [-0.4, -0.2) is 6.61 Å². The highest BCUT2D eigenvalue weighted by Gasteiger charge is 2.08. The van der Waals surface area contributed by atoms with Crippen molar-refractivity contribution in [3.63, 3.8) is 0 Å². The molecule has 0 spiro atoms. The topological polar surface area (TPSA) is 9.23 Å². The van der Waals surface area contributed by atoms with Crippen LogP contribution in [0.15, 0.2) is 30.3 Å². The molecule has 74 valence electrons. The summed E-state index contributed by atoms with van der Waals surface area (Å²) in [5.74, 6) is 1.64. The van der Waals surface area contributed by atoms with E-state index in [2.05, 4.69) is 44.2 Å². The normalized spacial score (nSPS) is 15.5. The van der Waals surface area contributed by atoms with Crippen LogP contribution in [0.2, 0.25) is 0 Å². The van der Waals surface area contributed by atoms with Crippen LogP contribution < -0.4 is 0 Å². The lowest BCUT2D eigenvalue weighted by Gasteiger charge is -2.07. The Bertz CT molecular complexity index is 333. The predicted octanol–water partition coefficient (Wildman–Crippen LogP) is 3.57. The Morgan fingerprint density at radius 1 is 1.14 bits per heavy atom. The lowest BCUT2D eigenvalue weighted by atomic mass is 10.0. The third-order valence-electron chi connectivity index (χ3n) is 2.57. The van der Waals surface area contributed by atoms with E-state index in [9.17, 15) is 0 Å². The van der Waals surface area contributed by atoms with Gasteiger partial charge in [0.1, 0.15) is 5.76 Å². The molecule has 0 amide bonds. The molecule has 1 nitrogen and oxygen atoms in total. The minimum atomic E-state index is 0.600. The molecule has 1 aromatic rings. The van der Waals surface area contributed by atoms with Gasteiger partial charge in [0.05, 0.1) is 6.61 Å². The van der Waals surface area contributed by atoms with Crippen molar-refractivity contribution in [1.29, 1.82) is 0 Å². The maximum absolute atomic E-state index is 5.50. The molecule has 1 aliphatic rings. The van der Waals surface area contributed by atoms with Gasteiger partial charge in [-0.15, -0.1) is 0 Å². The Kier molecular flexibility index (Phi) is 2.58. The summed E-state index contributed by atoms with van der Waals surface area (Å²) in [6.45, 7) is 5.25. The molecular weight excluding hydrogens is 172 g/mol. The molecule has 0 radical (unpaired) electrons. The molecule has 0 bridgehead atoms. The summed E-state index contributed by atoms with van der Waals surface area (Å²) in [6.07, 6.45) is 3.20. The lowest BCUT2D eigenvalue weighted by molar-refractivity contribution is 0.307. The highest BCUT2D eigenvalue weighted by atomic mass is 16.5. The minimum absolute atomic E-state index is 0.600. The van der Waals surface area contributed by atoms with Crippen molar-refractivity contribution in [2.45, 2.75) is 26.2 Å². The van der Waals surface area contributed by atoms with Gasteiger partial charge < -0.3 is 4.74 Å². The van der Waals surface area contributed by atoms with E-state index in [4.69, 9.17) is 4.74 Å². The third-order valence-corrected chi connectivity index (χ3v) is 2.57. The van der Waals surface area contributed by atoms with Crippen LogP contribution in [0, 0.1) is 0 Å². The molecule has 0 unspecified atom stereocenters. The predicted molar refractivity (Wildman–Crippen MR) is 59.1 cm³/mol. The number of benzene rings is 1. The van der Waals surface area contributed by atoms with Crippen molar-refractivity contribution >= 4 is 5.76 Å². The average Bonchev–Trinajstić information content (AvgIpc) is 2.71. The van der Waals surface area contributed by atoms with Gasteiger partial charge in [-0.1, -0.05) is 38.1 Å². The van der Waals surface area contributed by atoms with Gasteiger partial charge in [-0.3, -0.25) is 0 Å². The number of ether oxygens (including phenoxy) is 1. The first-order valence-corrected chi connectivity index (χ1v) is 5.20. The molecule has 1 heterocycles. The van der Waals surface area contributed by atoms with Crippen molar-refractivity contribution in [3.05, 3.63) is 41.5 Å². The molecule has 0 aliphatic carbocycles. The summed E-state index contributed by atoms with van der Waals surface area (Å²) in [4.78, 5) is 0. The Balaban J connectivity index is 2.21. The molecule has 0 N–H and O–H groups in total. The SMILES string of the molecule is CC(C)c1ccc(C2=CCCO2)cc1. The van der Waals surface area contributed by atoms with Gasteiger partial charge in [-0.25, -0.2) is 0 Å². The maximum atomic E-state index is 5.50. The standard InChI is InChI=1S/C13H16O/c1-10(2)11-5-7-12(8-6-11)13-4-3-9-14-13/h4-8,10H,3,9H2,1-2H3. The minimum Gasteiger partial charge on any atom is -0.493 e. The van der Waals surface area contributed by atoms with Gasteiger partial charge in [0, 0.05) is 12.0 Å². The molecule has 1 aromatic carbocycles. The highest BCUT2D eigenvalue weighted by molar-refractivity contribution is 5.61. The van der Waals surface area contributed by atoms with E-state index in [0.29, 0.717) is 5.92 Å². The van der Waals surface area contributed by atoms with E-state index in [0.717, 1.165) is 18.8 Å². The summed E-state index contributed by atoms with van der Waals surface area (Å²) in [7, 11) is 0. The van der Waals surface area contributed by atoms with Crippen LogP contribution >= 0.6 is 0 Å². The van der Waals surface area contributed by atoms with Crippen LogP contribution in [0.1, 0.15) is 37.3 Å². The van der Waals surface area contributed by atoms with Gasteiger partial charge in [0.2, 0.25) is 0 Å². The fourth-order valence-electron chi connectivity index (χ4n) is 1.65. The zero-order valence-corrected chi connectivity index (χ0v) is 8.79. The highest BCUT2D eigenvalue weighted by Crippen LogP contribution is 2.23. The van der Waals surface area contributed by atoms with Crippen molar-refractivity contribution in [2.24, 2.45) is 0 Å². The first-order valence-electron chi connectivity index (χ1n) is 5.20. The average molecular weight is 188 g/mol. The molecule has 0 fully saturated rings. The summed E-state index contributed by atoms with van der Waals surface area (Å²) >= 11 is 0. The summed E-state index contributed by atoms with van der Waals surface area (Å²) in [5.41, 5.74) is 2.58. The second kappa shape index (κ2) is 3.87. The van der Waals surface area contributed by atoms with Crippen molar-refractivity contribution in [1.82, 2.24) is 0 Å². The van der Waals surface area contributed by atoms with E-state index in [1.54, 1.807) is 0 Å². The second-order valence-corrected chi connectivity index (χ2v) is 3.98. The maximum Gasteiger partial charge on any atom is 0.122 e. The van der Waals surface area contributed by atoms with Gasteiger partial charge >= 0.3 is 0 Å². The quantitative estimate of drug-likeness (QED) is 0.689. The van der Waals surface area contributed by atoms with Crippen LogP contribution in [0.4, 0.5) is 0 Å². The van der Waals surface area contributed by atoms with E-state index in [-0.39, 0.29) is 0 Å². The molecule has 0 saturated heterocycles. The molecule has 2 rings (SSSR count). The lowest BCUT2D eigenvalue weighted by Crippen LogP contribution is -1.89. The summed E-state index contributed by atoms with van der Waals surface area (Å²) in [6, 6.07) is 8.66. The van der Waals surface area contributed by atoms with E-state index in [1.165, 1.54) is 11.1 Å². The fraction of sp³-hybridized carbons (Fsp3) is 0.385. The molecular formula is C13H16O. The second-order valence-electron chi connectivity index (χ2n) is 3.98. The zero-order valence-electron chi connectivity index (χ0n) is 8.79. The van der Waals surface area contributed by atoms with Crippen molar-refractivity contribution < 1.29 is 4.74 Å². The molecule has 0 aromatic heterocycles. The van der Waals surface area contributed by atoms with E-state index in [1.807, 2.05) is 0 Å². The summed E-state index contributed by atoms with van der Waals surface area (Å²) < 4.78 is 5.50. The fourth-order valence-corrected chi connectivity index (χ4v) is 1.65. The first-order chi connectivity index (χ1) is 6.77. The third kappa shape index (κ3) is 1.82. The van der Waals surface area contributed by atoms with E-state index >= 15 is 0 Å². The van der Waals surface area contributed by atoms with Gasteiger partial charge in [-0.2, -0.15) is 0 Å². The Hall–Kier alpha value is -1.24. The van der Waals surface area contributed by atoms with Crippen molar-refractivity contribution in [2.75, 3.05) is 6.61 Å². The zero-order chi connectivity index (χ0) is 9.97. The van der Waals surface area contributed by atoms with Gasteiger partial charge in [0.25, 0.3) is 0 Å². The van der Waals surface area contributed by atoms with Crippen LogP contribution in [0.5, 0.6) is 0 Å². The van der Waals surface area contributed by atoms with E-state index < -0.39 is 0 Å². The molecule has 0 saturated carbocycles. The first kappa shape index (κ1) is 9.32. The van der Waals surface area contributed by atoms with Crippen LogP contribution in [0.25, 0.3) is 5.76 Å².